The maximum Gasteiger partial charge on any atom is 0.409 e. The van der Waals surface area contributed by atoms with Crippen molar-refractivity contribution >= 4 is 29.3 Å². The number of carbonyl (C=O) groups excluding carboxylic acids is 2. The molecule has 2 aromatic carbocycles. The maximum atomic E-state index is 13.5. The normalized spacial score (nSPS) is 15.1. The van der Waals surface area contributed by atoms with Gasteiger partial charge in [-0.3, -0.25) is 9.59 Å². The predicted octanol–water partition coefficient (Wildman–Crippen LogP) is 8.25. The van der Waals surface area contributed by atoms with Crippen LogP contribution in [0.3, 0.4) is 0 Å². The Morgan fingerprint density at radius 2 is 1.69 bits per heavy atom. The lowest BCUT2D eigenvalue weighted by Crippen LogP contribution is -2.42. The largest absolute Gasteiger partial charge is 0.481 e. The number of fused-ring (bicyclic) bond motifs is 3. The number of aliphatic carboxylic acids is 1. The molecule has 262 valence electrons. The Morgan fingerprint density at radius 3 is 2.27 bits per heavy atom. The standard InChI is InChI=1S/C39H49N3O6S/c1-8-14-25(5)19-27(20-26(6)38(44)45)40-36(43)33-23-49-37(41-33)35(47-9-2)21-34(24(3)4)42(7)39(46)48-22-32-30-17-12-10-15-28(30)29-16-11-13-18-31(29)32/h8,10-18,23-24,26-27,32,34-35H,1,9,19-22H2,2-7H3,(H,40,43)(H,44,45)/b25-14+/t26-,27-,34+,35+/m0/s1. The summed E-state index contributed by atoms with van der Waals surface area (Å²) < 4.78 is 12.1. The Bertz CT molecular complexity index is 1600. The summed E-state index contributed by atoms with van der Waals surface area (Å²) in [6.07, 6.45) is 3.90. The zero-order valence-electron chi connectivity index (χ0n) is 29.3. The number of nitrogens with one attached hydrogen (secondary N) is 1. The minimum Gasteiger partial charge on any atom is -0.481 e. The van der Waals surface area contributed by atoms with Crippen molar-refractivity contribution in [3.05, 3.63) is 100 Å². The van der Waals surface area contributed by atoms with Gasteiger partial charge in [0.1, 0.15) is 23.4 Å². The second-order valence-electron chi connectivity index (χ2n) is 13.1. The first-order valence-corrected chi connectivity index (χ1v) is 17.8. The van der Waals surface area contributed by atoms with Gasteiger partial charge in [0.05, 0.1) is 5.92 Å². The summed E-state index contributed by atoms with van der Waals surface area (Å²) in [6.45, 7) is 14.0. The number of carbonyl (C=O) groups is 3. The highest BCUT2D eigenvalue weighted by Crippen LogP contribution is 2.44. The highest BCUT2D eigenvalue weighted by atomic mass is 32.1. The Labute approximate surface area is 294 Å². The summed E-state index contributed by atoms with van der Waals surface area (Å²) in [7, 11) is 1.76. The minimum atomic E-state index is -0.914. The van der Waals surface area contributed by atoms with Crippen LogP contribution < -0.4 is 5.32 Å². The van der Waals surface area contributed by atoms with Crippen LogP contribution in [0.25, 0.3) is 11.1 Å². The highest BCUT2D eigenvalue weighted by Gasteiger charge is 2.33. The van der Waals surface area contributed by atoms with Crippen LogP contribution in [0.1, 0.15) is 92.5 Å². The van der Waals surface area contributed by atoms with Crippen LogP contribution in [-0.2, 0) is 14.3 Å². The zero-order chi connectivity index (χ0) is 35.7. The average Bonchev–Trinajstić information content (AvgIpc) is 3.69. The van der Waals surface area contributed by atoms with Gasteiger partial charge in [0.15, 0.2) is 0 Å². The van der Waals surface area contributed by atoms with Crippen LogP contribution in [0.4, 0.5) is 4.79 Å². The second-order valence-corrected chi connectivity index (χ2v) is 14.0. The van der Waals surface area contributed by atoms with Gasteiger partial charge in [0.25, 0.3) is 5.91 Å². The number of hydrogen-bond acceptors (Lipinski definition) is 7. The number of allylic oxidation sites excluding steroid dienone is 2. The van der Waals surface area contributed by atoms with Crippen molar-refractivity contribution < 1.29 is 29.0 Å². The van der Waals surface area contributed by atoms with E-state index in [0.717, 1.165) is 16.7 Å². The maximum absolute atomic E-state index is 13.5. The van der Waals surface area contributed by atoms with Crippen LogP contribution >= 0.6 is 11.3 Å². The molecule has 10 heteroatoms. The molecular formula is C39H49N3O6S. The van der Waals surface area contributed by atoms with E-state index < -0.39 is 24.1 Å². The van der Waals surface area contributed by atoms with E-state index in [-0.39, 0.29) is 48.5 Å². The van der Waals surface area contributed by atoms with Gasteiger partial charge in [-0.15, -0.1) is 11.3 Å². The molecule has 0 saturated heterocycles. The van der Waals surface area contributed by atoms with Crippen molar-refractivity contribution in [2.45, 2.75) is 78.0 Å². The molecule has 0 unspecified atom stereocenters. The molecule has 2 amide bonds. The first-order chi connectivity index (χ1) is 23.4. The van der Waals surface area contributed by atoms with Gasteiger partial charge in [0.2, 0.25) is 0 Å². The lowest BCUT2D eigenvalue weighted by atomic mass is 9.96. The van der Waals surface area contributed by atoms with Gasteiger partial charge < -0.3 is 24.8 Å². The van der Waals surface area contributed by atoms with Crippen molar-refractivity contribution in [2.24, 2.45) is 11.8 Å². The van der Waals surface area contributed by atoms with Crippen LogP contribution in [0.15, 0.2) is 78.2 Å². The van der Waals surface area contributed by atoms with Crippen LogP contribution in [0, 0.1) is 11.8 Å². The third-order valence-corrected chi connectivity index (χ3v) is 10.0. The van der Waals surface area contributed by atoms with Crippen LogP contribution in [-0.4, -0.2) is 65.3 Å². The molecule has 2 N–H and O–H groups in total. The summed E-state index contributed by atoms with van der Waals surface area (Å²) in [5, 5.41) is 14.8. The Balaban J connectivity index is 1.44. The third-order valence-electron chi connectivity index (χ3n) is 9.11. The molecule has 4 rings (SSSR count). The number of benzene rings is 2. The zero-order valence-corrected chi connectivity index (χ0v) is 30.2. The van der Waals surface area contributed by atoms with Gasteiger partial charge in [-0.05, 0) is 54.9 Å². The highest BCUT2D eigenvalue weighted by molar-refractivity contribution is 7.09. The van der Waals surface area contributed by atoms with Crippen molar-refractivity contribution in [3.63, 3.8) is 0 Å². The minimum absolute atomic E-state index is 0.0350. The molecule has 3 aromatic rings. The van der Waals surface area contributed by atoms with Gasteiger partial charge in [-0.1, -0.05) is 93.6 Å². The summed E-state index contributed by atoms with van der Waals surface area (Å²) in [5.41, 5.74) is 5.89. The third kappa shape index (κ3) is 9.45. The first kappa shape index (κ1) is 37.5. The average molecular weight is 688 g/mol. The number of hydrogen-bond donors (Lipinski definition) is 2. The molecule has 0 aliphatic heterocycles. The fraction of sp³-hybridized carbons (Fsp3) is 0.436. The van der Waals surface area contributed by atoms with Gasteiger partial charge in [-0.2, -0.15) is 0 Å². The number of nitrogens with zero attached hydrogens (tertiary/aromatic N) is 2. The van der Waals surface area contributed by atoms with Crippen molar-refractivity contribution in [1.82, 2.24) is 15.2 Å². The number of ether oxygens (including phenoxy) is 2. The summed E-state index contributed by atoms with van der Waals surface area (Å²) >= 11 is 1.33. The summed E-state index contributed by atoms with van der Waals surface area (Å²) in [5.74, 6) is -1.87. The van der Waals surface area contributed by atoms with E-state index in [2.05, 4.69) is 55.0 Å². The van der Waals surface area contributed by atoms with E-state index in [4.69, 9.17) is 9.47 Å². The Kier molecular flexibility index (Phi) is 13.3. The number of rotatable bonds is 17. The van der Waals surface area contributed by atoms with E-state index in [0.29, 0.717) is 24.5 Å². The molecule has 0 fully saturated rings. The molecule has 0 spiro atoms. The smallest absolute Gasteiger partial charge is 0.409 e. The van der Waals surface area contributed by atoms with Crippen molar-refractivity contribution in [3.8, 4) is 11.1 Å². The molecule has 9 nitrogen and oxygen atoms in total. The Hall–Kier alpha value is -4.28. The van der Waals surface area contributed by atoms with E-state index >= 15 is 0 Å². The topological polar surface area (TPSA) is 118 Å². The SMILES string of the molecule is C=C/C=C(\C)C[C@@H](C[C@H](C)C(=O)O)NC(=O)c1csc([C@@H](C[C@H](C(C)C)N(C)C(=O)OCC2c3ccccc3-c3ccccc32)OCC)n1. The molecule has 1 heterocycles. The summed E-state index contributed by atoms with van der Waals surface area (Å²) in [6, 6.07) is 15.9. The number of thiazole rings is 1. The molecule has 1 aliphatic carbocycles. The fourth-order valence-corrected chi connectivity index (χ4v) is 7.41. The molecule has 0 radical (unpaired) electrons. The van der Waals surface area contributed by atoms with Crippen LogP contribution in [0.5, 0.6) is 0 Å². The van der Waals surface area contributed by atoms with E-state index in [1.807, 2.05) is 44.2 Å². The lowest BCUT2D eigenvalue weighted by molar-refractivity contribution is -0.141. The molecule has 49 heavy (non-hydrogen) atoms. The summed E-state index contributed by atoms with van der Waals surface area (Å²) in [4.78, 5) is 44.7. The quantitative estimate of drug-likeness (QED) is 0.137. The molecule has 0 saturated carbocycles. The van der Waals surface area contributed by atoms with E-state index in [1.54, 1.807) is 30.3 Å². The number of carboxylic acids is 1. The Morgan fingerprint density at radius 1 is 1.06 bits per heavy atom. The van der Waals surface area contributed by atoms with Gasteiger partial charge in [0, 0.05) is 43.5 Å². The molecule has 1 aliphatic rings. The number of amides is 2. The fourth-order valence-electron chi connectivity index (χ4n) is 6.55. The monoisotopic (exact) mass is 687 g/mol. The van der Waals surface area contributed by atoms with Gasteiger partial charge in [-0.25, -0.2) is 9.78 Å². The first-order valence-electron chi connectivity index (χ1n) is 16.9. The molecular weight excluding hydrogens is 639 g/mol. The number of aromatic nitrogens is 1. The molecule has 4 atom stereocenters. The lowest BCUT2D eigenvalue weighted by Gasteiger charge is -2.33. The van der Waals surface area contributed by atoms with Crippen molar-refractivity contribution in [2.75, 3.05) is 20.3 Å². The molecule has 0 bridgehead atoms. The predicted molar refractivity (Wildman–Crippen MR) is 194 cm³/mol. The van der Waals surface area contributed by atoms with E-state index in [1.165, 1.54) is 22.5 Å². The second kappa shape index (κ2) is 17.4. The number of carboxylic acid groups (broad SMARTS) is 1. The van der Waals surface area contributed by atoms with Crippen molar-refractivity contribution in [1.29, 1.82) is 0 Å². The van der Waals surface area contributed by atoms with E-state index in [9.17, 15) is 19.5 Å². The van der Waals surface area contributed by atoms with Crippen LogP contribution in [0.2, 0.25) is 0 Å². The van der Waals surface area contributed by atoms with Gasteiger partial charge >= 0.3 is 12.1 Å². The molecule has 1 aromatic heterocycles.